The molecule has 1 fully saturated rings. The summed E-state index contributed by atoms with van der Waals surface area (Å²) in [4.78, 5) is 0.615. The molecule has 2 aliphatic rings. The fraction of sp³-hybridized carbons (Fsp3) is 0.364. The Hall–Kier alpha value is -1.73. The molecule has 0 aliphatic carbocycles. The number of rotatable bonds is 4. The molecule has 1 saturated heterocycles. The molecular weight excluding hydrogens is 442 g/mol. The maximum absolute atomic E-state index is 13.6. The zero-order valence-electron chi connectivity index (χ0n) is 16.6. The van der Waals surface area contributed by atoms with Gasteiger partial charge in [0, 0.05) is 24.0 Å². The van der Waals surface area contributed by atoms with Crippen LogP contribution >= 0.6 is 35.4 Å². The van der Waals surface area contributed by atoms with Crippen LogP contribution in [-0.4, -0.2) is 28.8 Å². The Balaban J connectivity index is 1.68. The van der Waals surface area contributed by atoms with Gasteiger partial charge in [-0.3, -0.25) is 5.01 Å². The number of benzene rings is 2. The van der Waals surface area contributed by atoms with Crippen molar-refractivity contribution in [1.82, 2.24) is 10.4 Å². The van der Waals surface area contributed by atoms with Crippen molar-refractivity contribution in [3.63, 3.8) is 0 Å². The molecular formula is C22H23Cl2FN4S. The van der Waals surface area contributed by atoms with Crippen LogP contribution in [0.4, 0.5) is 10.1 Å². The fourth-order valence-electron chi connectivity index (χ4n) is 4.05. The third-order valence-corrected chi connectivity index (χ3v) is 6.44. The van der Waals surface area contributed by atoms with Gasteiger partial charge in [0.2, 0.25) is 0 Å². The average Bonchev–Trinajstić information content (AvgIpc) is 3.06. The van der Waals surface area contributed by atoms with E-state index in [-0.39, 0.29) is 17.8 Å². The van der Waals surface area contributed by atoms with Gasteiger partial charge in [-0.05, 0) is 48.7 Å². The molecule has 0 saturated carbocycles. The van der Waals surface area contributed by atoms with Crippen LogP contribution in [-0.2, 0) is 0 Å². The zero-order chi connectivity index (χ0) is 21.3. The lowest BCUT2D eigenvalue weighted by Gasteiger charge is -2.29. The van der Waals surface area contributed by atoms with Gasteiger partial charge in [0.1, 0.15) is 16.5 Å². The Morgan fingerprint density at radius 1 is 1.10 bits per heavy atom. The SMILES string of the molecule is C[C@H]1C(C(=S)NN2CCCCC2)=NN(c2ccc(Cl)cc2Cl)[C@H]1c1ccc(F)cc1. The molecule has 2 aliphatic heterocycles. The Labute approximate surface area is 191 Å². The van der Waals surface area contributed by atoms with Gasteiger partial charge < -0.3 is 5.43 Å². The second-order valence-electron chi connectivity index (χ2n) is 7.70. The van der Waals surface area contributed by atoms with E-state index >= 15 is 0 Å². The molecule has 0 bridgehead atoms. The van der Waals surface area contributed by atoms with Gasteiger partial charge in [0.25, 0.3) is 0 Å². The van der Waals surface area contributed by atoms with Crippen molar-refractivity contribution in [2.24, 2.45) is 11.0 Å². The first-order valence-corrected chi connectivity index (χ1v) is 11.2. The summed E-state index contributed by atoms with van der Waals surface area (Å²) in [5, 5.41) is 9.96. The van der Waals surface area contributed by atoms with Gasteiger partial charge in [-0.25, -0.2) is 9.40 Å². The lowest BCUT2D eigenvalue weighted by molar-refractivity contribution is 0.197. The molecule has 1 N–H and O–H groups in total. The number of nitrogens with zero attached hydrogens (tertiary/aromatic N) is 3. The maximum Gasteiger partial charge on any atom is 0.137 e. The van der Waals surface area contributed by atoms with Crippen LogP contribution in [0.15, 0.2) is 47.6 Å². The molecule has 158 valence electrons. The van der Waals surface area contributed by atoms with Crippen LogP contribution < -0.4 is 10.4 Å². The molecule has 2 atom stereocenters. The molecule has 0 amide bonds. The van der Waals surface area contributed by atoms with E-state index in [1.165, 1.54) is 18.6 Å². The number of halogens is 3. The Morgan fingerprint density at radius 3 is 2.47 bits per heavy atom. The van der Waals surface area contributed by atoms with E-state index in [4.69, 9.17) is 40.5 Å². The summed E-state index contributed by atoms with van der Waals surface area (Å²) in [6.45, 7) is 4.02. The van der Waals surface area contributed by atoms with Gasteiger partial charge in [0.05, 0.1) is 16.8 Å². The lowest BCUT2D eigenvalue weighted by atomic mass is 9.91. The van der Waals surface area contributed by atoms with Crippen molar-refractivity contribution in [1.29, 1.82) is 0 Å². The second-order valence-corrected chi connectivity index (χ2v) is 8.95. The van der Waals surface area contributed by atoms with Crippen LogP contribution in [0.5, 0.6) is 0 Å². The normalized spacial score (nSPS) is 22.1. The van der Waals surface area contributed by atoms with E-state index < -0.39 is 0 Å². The molecule has 0 aromatic heterocycles. The number of hydrazine groups is 1. The minimum absolute atomic E-state index is 0.0213. The number of thiocarbonyl (C=S) groups is 1. The monoisotopic (exact) mass is 464 g/mol. The van der Waals surface area contributed by atoms with E-state index in [0.717, 1.165) is 42.9 Å². The highest BCUT2D eigenvalue weighted by molar-refractivity contribution is 7.82. The van der Waals surface area contributed by atoms with E-state index in [0.29, 0.717) is 15.0 Å². The first kappa shape index (κ1) is 21.5. The average molecular weight is 465 g/mol. The molecule has 0 unspecified atom stereocenters. The summed E-state index contributed by atoms with van der Waals surface area (Å²) in [5.41, 5.74) is 5.82. The number of hydrazone groups is 1. The van der Waals surface area contributed by atoms with Gasteiger partial charge in [0.15, 0.2) is 0 Å². The maximum atomic E-state index is 13.6. The molecule has 30 heavy (non-hydrogen) atoms. The molecule has 4 rings (SSSR count). The first-order chi connectivity index (χ1) is 14.4. The zero-order valence-corrected chi connectivity index (χ0v) is 18.9. The van der Waals surface area contributed by atoms with E-state index in [2.05, 4.69) is 17.4 Å². The smallest absolute Gasteiger partial charge is 0.137 e. The van der Waals surface area contributed by atoms with Crippen LogP contribution in [0.2, 0.25) is 10.0 Å². The van der Waals surface area contributed by atoms with Gasteiger partial charge in [-0.2, -0.15) is 5.10 Å². The molecule has 8 heteroatoms. The third-order valence-electron chi connectivity index (χ3n) is 5.60. The van der Waals surface area contributed by atoms with Gasteiger partial charge >= 0.3 is 0 Å². The summed E-state index contributed by atoms with van der Waals surface area (Å²) in [7, 11) is 0. The Bertz CT molecular complexity index is 960. The summed E-state index contributed by atoms with van der Waals surface area (Å²) >= 11 is 18.3. The van der Waals surface area contributed by atoms with Crippen LogP contribution in [0.25, 0.3) is 0 Å². The van der Waals surface area contributed by atoms with E-state index in [1.54, 1.807) is 24.3 Å². The quantitative estimate of drug-likeness (QED) is 0.561. The standard InChI is InChI=1S/C22H23Cl2FN4S/c1-14-20(22(30)27-28-11-3-2-4-12-28)26-29(19-10-7-16(23)13-18(19)24)21(14)15-5-8-17(25)9-6-15/h5-10,13-14,21H,2-4,11-12H2,1H3,(H,27,30)/t14-,21+/m0/s1. The van der Waals surface area contributed by atoms with E-state index in [1.807, 2.05) is 11.1 Å². The summed E-state index contributed by atoms with van der Waals surface area (Å²) in [6, 6.07) is 11.7. The van der Waals surface area contributed by atoms with Crippen molar-refractivity contribution in [2.45, 2.75) is 32.2 Å². The molecule has 2 aromatic rings. The highest BCUT2D eigenvalue weighted by Gasteiger charge is 2.39. The van der Waals surface area contributed by atoms with Crippen LogP contribution in [0.1, 0.15) is 37.8 Å². The summed E-state index contributed by atoms with van der Waals surface area (Å²) in [6.07, 6.45) is 3.56. The topological polar surface area (TPSA) is 30.9 Å². The number of anilines is 1. The highest BCUT2D eigenvalue weighted by atomic mass is 35.5. The predicted octanol–water partition coefficient (Wildman–Crippen LogP) is 6.00. The van der Waals surface area contributed by atoms with Gasteiger partial charge in [-0.15, -0.1) is 0 Å². The van der Waals surface area contributed by atoms with E-state index in [9.17, 15) is 4.39 Å². The largest absolute Gasteiger partial charge is 0.308 e. The number of hydrogen-bond acceptors (Lipinski definition) is 4. The predicted molar refractivity (Wildman–Crippen MR) is 126 cm³/mol. The van der Waals surface area contributed by atoms with Crippen LogP contribution in [0.3, 0.4) is 0 Å². The highest BCUT2D eigenvalue weighted by Crippen LogP contribution is 2.42. The number of nitrogens with one attached hydrogen (secondary N) is 1. The number of piperidine rings is 1. The minimum Gasteiger partial charge on any atom is -0.308 e. The van der Waals surface area contributed by atoms with Crippen molar-refractivity contribution in [2.75, 3.05) is 18.1 Å². The molecule has 0 spiro atoms. The van der Waals surface area contributed by atoms with Crippen LogP contribution in [0, 0.1) is 11.7 Å². The molecule has 0 radical (unpaired) electrons. The first-order valence-electron chi connectivity index (χ1n) is 10.1. The van der Waals surface area contributed by atoms with Gasteiger partial charge in [-0.1, -0.05) is 60.9 Å². The minimum atomic E-state index is -0.274. The van der Waals surface area contributed by atoms with Crippen molar-refractivity contribution in [3.05, 3.63) is 63.9 Å². The second kappa shape index (κ2) is 9.18. The third kappa shape index (κ3) is 4.47. The van der Waals surface area contributed by atoms with Crippen molar-refractivity contribution in [3.8, 4) is 0 Å². The summed E-state index contributed by atoms with van der Waals surface area (Å²) < 4.78 is 13.6. The van der Waals surface area contributed by atoms with Crippen molar-refractivity contribution < 1.29 is 4.39 Å². The Kier molecular flexibility index (Phi) is 6.58. The Morgan fingerprint density at radius 2 is 1.80 bits per heavy atom. The molecule has 2 aromatic carbocycles. The summed E-state index contributed by atoms with van der Waals surface area (Å²) in [5.74, 6) is -0.295. The lowest BCUT2D eigenvalue weighted by Crippen LogP contribution is -2.47. The molecule has 4 nitrogen and oxygen atoms in total. The number of hydrogen-bond donors (Lipinski definition) is 1. The fourth-order valence-corrected chi connectivity index (χ4v) is 4.90. The molecule has 2 heterocycles. The van der Waals surface area contributed by atoms with Crippen molar-refractivity contribution >= 4 is 51.8 Å².